The maximum atomic E-state index is 10.8. The van der Waals surface area contributed by atoms with E-state index in [0.29, 0.717) is 16.9 Å². The van der Waals surface area contributed by atoms with Gasteiger partial charge in [-0.1, -0.05) is 24.3 Å². The summed E-state index contributed by atoms with van der Waals surface area (Å²) < 4.78 is 0. The van der Waals surface area contributed by atoms with E-state index < -0.39 is 0 Å². The van der Waals surface area contributed by atoms with Gasteiger partial charge in [-0.25, -0.2) is 0 Å². The molecule has 0 aromatic heterocycles. The second-order valence-electron chi connectivity index (χ2n) is 3.13. The maximum Gasteiger partial charge on any atom is 0.150 e. The Morgan fingerprint density at radius 2 is 1.71 bits per heavy atom. The first-order valence-corrected chi connectivity index (χ1v) is 4.26. The molecule has 0 saturated heterocycles. The molecular weight excluding hydrogens is 176 g/mol. The van der Waals surface area contributed by atoms with Crippen LogP contribution in [0.15, 0.2) is 30.3 Å². The van der Waals surface area contributed by atoms with E-state index in [1.807, 2.05) is 24.3 Å². The number of nitrogen functional groups attached to an aromatic ring is 2. The van der Waals surface area contributed by atoms with E-state index in [1.54, 1.807) is 6.07 Å². The van der Waals surface area contributed by atoms with Crippen molar-refractivity contribution in [3.8, 4) is 0 Å². The molecule has 0 heterocycles. The van der Waals surface area contributed by atoms with Gasteiger partial charge in [0.05, 0.1) is 11.4 Å². The van der Waals surface area contributed by atoms with Gasteiger partial charge in [-0.05, 0) is 11.5 Å². The lowest BCUT2D eigenvalue weighted by molar-refractivity contribution is 0.112. The number of nitrogens with two attached hydrogens (primary N) is 2. The minimum absolute atomic E-state index is 0.450. The van der Waals surface area contributed by atoms with Crippen molar-refractivity contribution in [1.82, 2.24) is 0 Å². The number of carbonyl (C=O) groups is 1. The summed E-state index contributed by atoms with van der Waals surface area (Å²) in [7, 11) is 0. The molecular formula is C11H10N2O. The number of anilines is 2. The molecule has 0 aliphatic carbocycles. The molecule has 0 unspecified atom stereocenters. The first kappa shape index (κ1) is 8.56. The molecule has 14 heavy (non-hydrogen) atoms. The van der Waals surface area contributed by atoms with Crippen molar-refractivity contribution in [2.45, 2.75) is 0 Å². The van der Waals surface area contributed by atoms with Crippen molar-refractivity contribution in [1.29, 1.82) is 0 Å². The topological polar surface area (TPSA) is 69.1 Å². The lowest BCUT2D eigenvalue weighted by atomic mass is 10.0. The molecule has 0 amide bonds. The summed E-state index contributed by atoms with van der Waals surface area (Å²) in [6.07, 6.45) is 0.790. The second kappa shape index (κ2) is 3.03. The van der Waals surface area contributed by atoms with Crippen LogP contribution in [0.1, 0.15) is 10.4 Å². The fourth-order valence-corrected chi connectivity index (χ4v) is 1.55. The minimum Gasteiger partial charge on any atom is -0.397 e. The number of carbonyl (C=O) groups excluding carboxylic acids is 1. The molecule has 3 nitrogen and oxygen atoms in total. The van der Waals surface area contributed by atoms with Gasteiger partial charge >= 0.3 is 0 Å². The van der Waals surface area contributed by atoms with Crippen molar-refractivity contribution < 1.29 is 4.79 Å². The summed E-state index contributed by atoms with van der Waals surface area (Å²) in [4.78, 5) is 10.8. The number of benzene rings is 2. The van der Waals surface area contributed by atoms with Crippen molar-refractivity contribution >= 4 is 28.4 Å². The molecule has 3 heteroatoms. The molecule has 70 valence electrons. The van der Waals surface area contributed by atoms with Crippen molar-refractivity contribution in [2.24, 2.45) is 0 Å². The summed E-state index contributed by atoms with van der Waals surface area (Å²) in [5.41, 5.74) is 13.0. The lowest BCUT2D eigenvalue weighted by Crippen LogP contribution is -1.98. The number of aldehydes is 1. The highest BCUT2D eigenvalue weighted by Gasteiger charge is 2.05. The smallest absolute Gasteiger partial charge is 0.150 e. The zero-order chi connectivity index (χ0) is 10.1. The largest absolute Gasteiger partial charge is 0.397 e. The number of hydrogen-bond donors (Lipinski definition) is 2. The van der Waals surface area contributed by atoms with E-state index in [4.69, 9.17) is 11.5 Å². The van der Waals surface area contributed by atoms with Crippen molar-refractivity contribution in [2.75, 3.05) is 11.5 Å². The van der Waals surface area contributed by atoms with Crippen LogP contribution in [0.3, 0.4) is 0 Å². The third-order valence-corrected chi connectivity index (χ3v) is 2.28. The Labute approximate surface area is 81.3 Å². The zero-order valence-corrected chi connectivity index (χ0v) is 7.53. The van der Waals surface area contributed by atoms with Crippen LogP contribution in [-0.4, -0.2) is 6.29 Å². The first-order chi connectivity index (χ1) is 6.74. The van der Waals surface area contributed by atoms with Crippen LogP contribution in [0.5, 0.6) is 0 Å². The molecule has 0 bridgehead atoms. The van der Waals surface area contributed by atoms with E-state index in [9.17, 15) is 4.79 Å². The molecule has 0 saturated carbocycles. The summed E-state index contributed by atoms with van der Waals surface area (Å²) in [5, 5.41) is 1.67. The van der Waals surface area contributed by atoms with Gasteiger partial charge in [0.1, 0.15) is 0 Å². The lowest BCUT2D eigenvalue weighted by Gasteiger charge is -2.07. The molecule has 0 radical (unpaired) electrons. The fourth-order valence-electron chi connectivity index (χ4n) is 1.55. The van der Waals surface area contributed by atoms with Crippen LogP contribution in [-0.2, 0) is 0 Å². The third-order valence-electron chi connectivity index (χ3n) is 2.28. The molecule has 0 aliphatic heterocycles. The standard InChI is InChI=1S/C11H10N2O/c12-10-5-7(6-14)8-3-1-2-4-9(8)11(10)13/h1-6H,12-13H2. The highest BCUT2D eigenvalue weighted by molar-refractivity contribution is 6.07. The van der Waals surface area contributed by atoms with Crippen molar-refractivity contribution in [3.63, 3.8) is 0 Å². The van der Waals surface area contributed by atoms with Crippen LogP contribution in [0.4, 0.5) is 11.4 Å². The summed E-state index contributed by atoms with van der Waals surface area (Å²) in [6.45, 7) is 0. The van der Waals surface area contributed by atoms with Gasteiger partial charge < -0.3 is 11.5 Å². The third kappa shape index (κ3) is 1.10. The van der Waals surface area contributed by atoms with Crippen LogP contribution in [0.2, 0.25) is 0 Å². The van der Waals surface area contributed by atoms with Gasteiger partial charge in [-0.3, -0.25) is 4.79 Å². The Bertz CT molecular complexity index is 506. The van der Waals surface area contributed by atoms with Gasteiger partial charge in [-0.15, -0.1) is 0 Å². The molecule has 2 aromatic rings. The summed E-state index contributed by atoms with van der Waals surface area (Å²) in [5.74, 6) is 0. The fraction of sp³-hybridized carbons (Fsp3) is 0. The van der Waals surface area contributed by atoms with E-state index in [-0.39, 0.29) is 0 Å². The Kier molecular flexibility index (Phi) is 1.85. The van der Waals surface area contributed by atoms with Gasteiger partial charge in [0.15, 0.2) is 6.29 Å². The Hall–Kier alpha value is -2.03. The normalized spacial score (nSPS) is 10.3. The van der Waals surface area contributed by atoms with Crippen LogP contribution in [0.25, 0.3) is 10.8 Å². The van der Waals surface area contributed by atoms with Gasteiger partial charge in [0.25, 0.3) is 0 Å². The van der Waals surface area contributed by atoms with E-state index in [1.165, 1.54) is 0 Å². The predicted molar refractivity (Wildman–Crippen MR) is 58.2 cm³/mol. The molecule has 0 spiro atoms. The molecule has 4 N–H and O–H groups in total. The molecule has 2 aromatic carbocycles. The number of hydrogen-bond acceptors (Lipinski definition) is 3. The Balaban J connectivity index is 2.96. The van der Waals surface area contributed by atoms with Crippen LogP contribution in [0, 0.1) is 0 Å². The highest BCUT2D eigenvalue weighted by Crippen LogP contribution is 2.28. The number of fused-ring (bicyclic) bond motifs is 1. The minimum atomic E-state index is 0.450. The predicted octanol–water partition coefficient (Wildman–Crippen LogP) is 1.82. The molecule has 0 aliphatic rings. The Morgan fingerprint density at radius 1 is 1.07 bits per heavy atom. The van der Waals surface area contributed by atoms with Gasteiger partial charge in [0, 0.05) is 10.9 Å². The maximum absolute atomic E-state index is 10.8. The molecule has 0 atom stereocenters. The first-order valence-electron chi connectivity index (χ1n) is 4.26. The van der Waals surface area contributed by atoms with Crippen LogP contribution < -0.4 is 11.5 Å². The van der Waals surface area contributed by atoms with Gasteiger partial charge in [-0.2, -0.15) is 0 Å². The van der Waals surface area contributed by atoms with Gasteiger partial charge in [0.2, 0.25) is 0 Å². The molecule has 2 rings (SSSR count). The van der Waals surface area contributed by atoms with Crippen molar-refractivity contribution in [3.05, 3.63) is 35.9 Å². The van der Waals surface area contributed by atoms with E-state index in [0.717, 1.165) is 17.1 Å². The quantitative estimate of drug-likeness (QED) is 0.527. The molecule has 0 fully saturated rings. The summed E-state index contributed by atoms with van der Waals surface area (Å²) in [6, 6.07) is 9.05. The average Bonchev–Trinajstić information content (AvgIpc) is 2.23. The summed E-state index contributed by atoms with van der Waals surface area (Å²) >= 11 is 0. The van der Waals surface area contributed by atoms with E-state index in [2.05, 4.69) is 0 Å². The average molecular weight is 186 g/mol. The number of rotatable bonds is 1. The second-order valence-corrected chi connectivity index (χ2v) is 3.13. The Morgan fingerprint density at radius 3 is 2.36 bits per heavy atom. The van der Waals surface area contributed by atoms with Crippen LogP contribution >= 0.6 is 0 Å². The SMILES string of the molecule is Nc1cc(C=O)c2ccccc2c1N. The van der Waals surface area contributed by atoms with E-state index >= 15 is 0 Å². The monoisotopic (exact) mass is 186 g/mol. The highest BCUT2D eigenvalue weighted by atomic mass is 16.1. The zero-order valence-electron chi connectivity index (χ0n) is 7.53.